The third-order valence-electron chi connectivity index (χ3n) is 5.17. The lowest BCUT2D eigenvalue weighted by atomic mass is 9.82. The predicted octanol–water partition coefficient (Wildman–Crippen LogP) is 4.10. The van der Waals surface area contributed by atoms with Gasteiger partial charge in [0.25, 0.3) is 0 Å². The summed E-state index contributed by atoms with van der Waals surface area (Å²) < 4.78 is 16.6. The lowest BCUT2D eigenvalue weighted by molar-refractivity contribution is -0.145. The number of hydrogen-bond donors (Lipinski definition) is 1. The van der Waals surface area contributed by atoms with Crippen LogP contribution >= 0.6 is 0 Å². The smallest absolute Gasteiger partial charge is 0.305 e. The zero-order valence-electron chi connectivity index (χ0n) is 17.2. The quantitative estimate of drug-likeness (QED) is 0.604. The third-order valence-corrected chi connectivity index (χ3v) is 5.17. The molecule has 1 aromatic rings. The van der Waals surface area contributed by atoms with Gasteiger partial charge in [0.2, 0.25) is 0 Å². The Balaban J connectivity index is 2.25. The summed E-state index contributed by atoms with van der Waals surface area (Å²) in [5.41, 5.74) is 1.21. The van der Waals surface area contributed by atoms with Gasteiger partial charge in [0.15, 0.2) is 0 Å². The van der Waals surface area contributed by atoms with Crippen molar-refractivity contribution in [2.75, 3.05) is 13.2 Å². The van der Waals surface area contributed by atoms with E-state index >= 15 is 0 Å². The molecule has 1 aliphatic rings. The Morgan fingerprint density at radius 2 is 1.68 bits per heavy atom. The predicted molar refractivity (Wildman–Crippen MR) is 106 cm³/mol. The molecule has 1 aliphatic heterocycles. The number of phenolic OH excluding ortho intramolecular Hbond substituents is 1. The number of rotatable bonds is 10. The highest BCUT2D eigenvalue weighted by Crippen LogP contribution is 2.43. The molecule has 0 aliphatic carbocycles. The van der Waals surface area contributed by atoms with Crippen LogP contribution in [-0.2, 0) is 31.9 Å². The number of hydrogen-bond acceptors (Lipinski definition) is 6. The van der Waals surface area contributed by atoms with Crippen molar-refractivity contribution in [2.24, 2.45) is 0 Å². The van der Waals surface area contributed by atoms with Crippen LogP contribution in [0.25, 0.3) is 0 Å². The van der Waals surface area contributed by atoms with E-state index in [0.29, 0.717) is 44.6 Å². The lowest BCUT2D eigenvalue weighted by Gasteiger charge is -2.40. The fourth-order valence-corrected chi connectivity index (χ4v) is 3.71. The minimum Gasteiger partial charge on any atom is -0.508 e. The Labute approximate surface area is 167 Å². The monoisotopic (exact) mass is 392 g/mol. The average Bonchev–Trinajstić information content (AvgIpc) is 2.68. The highest BCUT2D eigenvalue weighted by Gasteiger charge is 2.38. The van der Waals surface area contributed by atoms with E-state index in [2.05, 4.69) is 6.92 Å². The molecule has 0 amide bonds. The second-order valence-electron chi connectivity index (χ2n) is 7.20. The molecule has 2 rings (SSSR count). The Kier molecular flexibility index (Phi) is 8.15. The van der Waals surface area contributed by atoms with Gasteiger partial charge in [-0.25, -0.2) is 0 Å². The van der Waals surface area contributed by atoms with Gasteiger partial charge in [-0.2, -0.15) is 0 Å². The Morgan fingerprint density at radius 3 is 2.21 bits per heavy atom. The Morgan fingerprint density at radius 1 is 1.07 bits per heavy atom. The fraction of sp³-hybridized carbons (Fsp3) is 0.636. The number of fused-ring (bicyclic) bond motifs is 1. The van der Waals surface area contributed by atoms with Crippen molar-refractivity contribution in [1.82, 2.24) is 0 Å². The molecule has 0 aromatic heterocycles. The minimum atomic E-state index is -0.650. The van der Waals surface area contributed by atoms with Crippen LogP contribution in [0.4, 0.5) is 0 Å². The number of carbonyl (C=O) groups is 2. The number of phenols is 1. The maximum absolute atomic E-state index is 11.9. The van der Waals surface area contributed by atoms with Crippen LogP contribution in [0.5, 0.6) is 11.5 Å². The maximum Gasteiger partial charge on any atom is 0.305 e. The number of carbonyl (C=O) groups excluding carboxylic acids is 2. The molecule has 28 heavy (non-hydrogen) atoms. The molecule has 1 heterocycles. The zero-order chi connectivity index (χ0) is 20.6. The summed E-state index contributed by atoms with van der Waals surface area (Å²) >= 11 is 0. The topological polar surface area (TPSA) is 82.1 Å². The van der Waals surface area contributed by atoms with E-state index in [1.807, 2.05) is 6.07 Å². The minimum absolute atomic E-state index is 0.229. The van der Waals surface area contributed by atoms with Crippen LogP contribution in [0.15, 0.2) is 12.1 Å². The van der Waals surface area contributed by atoms with Gasteiger partial charge in [-0.3, -0.25) is 9.59 Å². The van der Waals surface area contributed by atoms with E-state index in [9.17, 15) is 14.7 Å². The maximum atomic E-state index is 11.9. The molecule has 0 bridgehead atoms. The van der Waals surface area contributed by atoms with E-state index in [0.717, 1.165) is 24.0 Å². The lowest BCUT2D eigenvalue weighted by Crippen LogP contribution is -2.41. The number of benzene rings is 1. The van der Waals surface area contributed by atoms with E-state index in [1.165, 1.54) is 0 Å². The fourth-order valence-electron chi connectivity index (χ4n) is 3.71. The standard InChI is InChI=1S/C22H32O6/c1-4-7-17-18(23)9-8-16-10-13-22(28-21(16)17,14-11-19(24)26-5-2)15-12-20(25)27-6-3/h8-9,23H,4-7,10-15H2,1-3H3. The second kappa shape index (κ2) is 10.3. The van der Waals surface area contributed by atoms with Gasteiger partial charge in [-0.1, -0.05) is 19.4 Å². The summed E-state index contributed by atoms with van der Waals surface area (Å²) in [5.74, 6) is 0.405. The molecule has 1 N–H and O–H groups in total. The normalized spacial score (nSPS) is 14.7. The van der Waals surface area contributed by atoms with Gasteiger partial charge in [0.1, 0.15) is 17.1 Å². The van der Waals surface area contributed by atoms with Crippen molar-refractivity contribution >= 4 is 11.9 Å². The first-order valence-electron chi connectivity index (χ1n) is 10.3. The summed E-state index contributed by atoms with van der Waals surface area (Å²) in [6, 6.07) is 3.61. The molecule has 0 saturated heterocycles. The first-order valence-corrected chi connectivity index (χ1v) is 10.3. The van der Waals surface area contributed by atoms with Crippen LogP contribution in [-0.4, -0.2) is 35.9 Å². The van der Waals surface area contributed by atoms with E-state index < -0.39 is 5.60 Å². The molecule has 0 spiro atoms. The second-order valence-corrected chi connectivity index (χ2v) is 7.20. The molecule has 156 valence electrons. The largest absolute Gasteiger partial charge is 0.508 e. The van der Waals surface area contributed by atoms with Gasteiger partial charge < -0.3 is 19.3 Å². The number of ether oxygens (including phenoxy) is 3. The van der Waals surface area contributed by atoms with Gasteiger partial charge in [0.05, 0.1) is 13.2 Å². The first kappa shape index (κ1) is 22.1. The van der Waals surface area contributed by atoms with E-state index in [1.54, 1.807) is 19.9 Å². The van der Waals surface area contributed by atoms with Crippen molar-refractivity contribution in [2.45, 2.75) is 77.7 Å². The van der Waals surface area contributed by atoms with Crippen molar-refractivity contribution in [3.8, 4) is 11.5 Å². The molecule has 0 atom stereocenters. The van der Waals surface area contributed by atoms with Crippen LogP contribution in [0.1, 0.15) is 70.4 Å². The summed E-state index contributed by atoms with van der Waals surface area (Å²) in [6.45, 7) is 6.29. The van der Waals surface area contributed by atoms with Crippen LogP contribution in [0.3, 0.4) is 0 Å². The highest BCUT2D eigenvalue weighted by atomic mass is 16.5. The summed E-state index contributed by atoms with van der Waals surface area (Å²) in [6.07, 6.45) is 4.46. The van der Waals surface area contributed by atoms with Gasteiger partial charge >= 0.3 is 11.9 Å². The molecule has 1 aromatic carbocycles. The summed E-state index contributed by atoms with van der Waals surface area (Å²) in [4.78, 5) is 23.9. The molecular formula is C22H32O6. The van der Waals surface area contributed by atoms with Crippen LogP contribution in [0.2, 0.25) is 0 Å². The number of aryl methyl sites for hydroxylation is 1. The van der Waals surface area contributed by atoms with Crippen molar-refractivity contribution in [1.29, 1.82) is 0 Å². The molecule has 0 unspecified atom stereocenters. The van der Waals surface area contributed by atoms with E-state index in [4.69, 9.17) is 14.2 Å². The highest BCUT2D eigenvalue weighted by molar-refractivity contribution is 5.70. The number of aromatic hydroxyl groups is 1. The van der Waals surface area contributed by atoms with Crippen molar-refractivity contribution < 1.29 is 28.9 Å². The zero-order valence-corrected chi connectivity index (χ0v) is 17.2. The van der Waals surface area contributed by atoms with Gasteiger partial charge in [-0.15, -0.1) is 0 Å². The molecule has 0 saturated carbocycles. The van der Waals surface area contributed by atoms with Crippen LogP contribution < -0.4 is 4.74 Å². The van der Waals surface area contributed by atoms with Crippen LogP contribution in [0, 0.1) is 0 Å². The van der Waals surface area contributed by atoms with Crippen molar-refractivity contribution in [3.63, 3.8) is 0 Å². The molecule has 6 nitrogen and oxygen atoms in total. The SMILES string of the molecule is CCCc1c(O)ccc2c1OC(CCC(=O)OCC)(CCC(=O)OCC)CC2. The molecular weight excluding hydrogens is 360 g/mol. The molecule has 0 fully saturated rings. The van der Waals surface area contributed by atoms with Gasteiger partial charge in [0, 0.05) is 18.4 Å². The average molecular weight is 392 g/mol. The third kappa shape index (κ3) is 5.63. The van der Waals surface area contributed by atoms with Crippen molar-refractivity contribution in [3.05, 3.63) is 23.3 Å². The molecule has 0 radical (unpaired) electrons. The Bertz CT molecular complexity index is 660. The van der Waals surface area contributed by atoms with Gasteiger partial charge in [-0.05, 0) is 57.6 Å². The summed E-state index contributed by atoms with van der Waals surface area (Å²) in [5, 5.41) is 10.3. The first-order chi connectivity index (χ1) is 13.4. The molecule has 6 heteroatoms. The van der Waals surface area contributed by atoms with E-state index in [-0.39, 0.29) is 30.5 Å². The summed E-state index contributed by atoms with van der Waals surface area (Å²) in [7, 11) is 0. The Hall–Kier alpha value is -2.24. The number of esters is 2.